The second-order valence-electron chi connectivity index (χ2n) is 9.59. The minimum absolute atomic E-state index is 0.0308. The first kappa shape index (κ1) is 21.3. The lowest BCUT2D eigenvalue weighted by molar-refractivity contribution is 0.0391. The van der Waals surface area contributed by atoms with E-state index in [1.807, 2.05) is 34.7 Å². The molecule has 5 rings (SSSR count). The van der Waals surface area contributed by atoms with Crippen LogP contribution in [-0.4, -0.2) is 63.6 Å². The fraction of sp³-hybridized carbons (Fsp3) is 0.640. The molecule has 2 saturated heterocycles. The lowest BCUT2D eigenvalue weighted by atomic mass is 9.78. The van der Waals surface area contributed by atoms with Crippen molar-refractivity contribution < 1.29 is 9.59 Å². The lowest BCUT2D eigenvalue weighted by Gasteiger charge is -2.44. The van der Waals surface area contributed by atoms with Gasteiger partial charge in [0.05, 0.1) is 11.0 Å². The van der Waals surface area contributed by atoms with Crippen molar-refractivity contribution in [1.29, 1.82) is 0 Å². The van der Waals surface area contributed by atoms with E-state index in [9.17, 15) is 9.59 Å². The summed E-state index contributed by atoms with van der Waals surface area (Å²) < 4.78 is 1.85. The van der Waals surface area contributed by atoms with Crippen molar-refractivity contribution in [3.8, 4) is 0 Å². The van der Waals surface area contributed by atoms with Gasteiger partial charge in [0.25, 0.3) is 5.91 Å². The molecule has 172 valence electrons. The van der Waals surface area contributed by atoms with Crippen LogP contribution >= 0.6 is 0 Å². The predicted octanol–water partition coefficient (Wildman–Crippen LogP) is 4.39. The fourth-order valence-electron chi connectivity index (χ4n) is 6.00. The molecule has 0 N–H and O–H groups in total. The summed E-state index contributed by atoms with van der Waals surface area (Å²) in [5.74, 6) is 0.804. The van der Waals surface area contributed by atoms with Crippen LogP contribution in [0.4, 0.5) is 4.79 Å². The molecule has 7 nitrogen and oxygen atoms in total. The Morgan fingerprint density at radius 1 is 1.00 bits per heavy atom. The van der Waals surface area contributed by atoms with Crippen LogP contribution in [0.1, 0.15) is 75.1 Å². The molecular formula is C25H35N5O2. The summed E-state index contributed by atoms with van der Waals surface area (Å²) in [7, 11) is 0. The number of amides is 3. The van der Waals surface area contributed by atoms with E-state index in [1.165, 1.54) is 32.1 Å². The third-order valence-electron chi connectivity index (χ3n) is 7.69. The number of hydrogen-bond donors (Lipinski definition) is 0. The highest BCUT2D eigenvalue weighted by Gasteiger charge is 2.36. The summed E-state index contributed by atoms with van der Waals surface area (Å²) in [6, 6.07) is 6.19. The van der Waals surface area contributed by atoms with Gasteiger partial charge in [-0.3, -0.25) is 4.79 Å². The molecule has 2 aliphatic heterocycles. The number of carbonyl (C=O) groups is 2. The Labute approximate surface area is 190 Å². The molecule has 1 aromatic carbocycles. The number of hydrogen-bond acceptors (Lipinski definition) is 3. The van der Waals surface area contributed by atoms with Crippen LogP contribution in [-0.2, 0) is 0 Å². The molecule has 0 radical (unpaired) electrons. The molecule has 3 aliphatic rings. The molecule has 3 amide bonds. The molecule has 0 spiro atoms. The Bertz CT molecular complexity index is 978. The van der Waals surface area contributed by atoms with E-state index in [2.05, 4.69) is 9.88 Å². The fourth-order valence-corrected chi connectivity index (χ4v) is 6.00. The van der Waals surface area contributed by atoms with Crippen LogP contribution in [0.2, 0.25) is 0 Å². The van der Waals surface area contributed by atoms with Gasteiger partial charge >= 0.3 is 6.03 Å². The minimum atomic E-state index is 0.0308. The number of carbonyl (C=O) groups excluding carboxylic acids is 2. The Morgan fingerprint density at radius 2 is 1.78 bits per heavy atom. The van der Waals surface area contributed by atoms with Crippen molar-refractivity contribution in [3.05, 3.63) is 30.1 Å². The molecule has 32 heavy (non-hydrogen) atoms. The van der Waals surface area contributed by atoms with Crippen LogP contribution in [0.5, 0.6) is 0 Å². The highest BCUT2D eigenvalue weighted by molar-refractivity contribution is 5.98. The Balaban J connectivity index is 1.38. The average Bonchev–Trinajstić information content (AvgIpc) is 3.27. The standard InChI is InChI=1S/C25H35N5O2/c1-2-29(25(32)27-14-6-3-7-15-27)30-18-26-21-17-20(12-13-23(21)30)24(31)28-16-8-10-19-9-4-5-11-22(19)28/h12-13,17-19,22H,2-11,14-16H2,1H3. The summed E-state index contributed by atoms with van der Waals surface area (Å²) in [5, 5.41) is 1.75. The Hall–Kier alpha value is -2.57. The maximum absolute atomic E-state index is 13.4. The summed E-state index contributed by atoms with van der Waals surface area (Å²) >= 11 is 0. The smallest absolute Gasteiger partial charge is 0.335 e. The molecule has 7 heteroatoms. The molecule has 2 atom stereocenters. The quantitative estimate of drug-likeness (QED) is 0.715. The van der Waals surface area contributed by atoms with Gasteiger partial charge in [-0.1, -0.05) is 12.8 Å². The van der Waals surface area contributed by atoms with E-state index < -0.39 is 0 Å². The zero-order valence-electron chi connectivity index (χ0n) is 19.2. The summed E-state index contributed by atoms with van der Waals surface area (Å²) in [5.41, 5.74) is 2.33. The van der Waals surface area contributed by atoms with Gasteiger partial charge in [0, 0.05) is 37.8 Å². The van der Waals surface area contributed by atoms with Crippen LogP contribution < -0.4 is 5.01 Å². The number of piperidine rings is 2. The average molecular weight is 438 g/mol. The first-order valence-electron chi connectivity index (χ1n) is 12.5. The van der Waals surface area contributed by atoms with Gasteiger partial charge in [-0.2, -0.15) is 0 Å². The summed E-state index contributed by atoms with van der Waals surface area (Å²) in [4.78, 5) is 35.2. The monoisotopic (exact) mass is 437 g/mol. The van der Waals surface area contributed by atoms with Crippen LogP contribution in [0, 0.1) is 5.92 Å². The van der Waals surface area contributed by atoms with E-state index in [0.29, 0.717) is 24.1 Å². The molecule has 1 aromatic heterocycles. The number of aromatic nitrogens is 2. The third-order valence-corrected chi connectivity index (χ3v) is 7.69. The van der Waals surface area contributed by atoms with E-state index in [4.69, 9.17) is 0 Å². The number of urea groups is 1. The zero-order valence-corrected chi connectivity index (χ0v) is 19.2. The summed E-state index contributed by atoms with van der Waals surface area (Å²) in [6.07, 6.45) is 12.3. The molecule has 2 aromatic rings. The number of fused-ring (bicyclic) bond motifs is 2. The van der Waals surface area contributed by atoms with E-state index in [-0.39, 0.29) is 11.9 Å². The van der Waals surface area contributed by atoms with Crippen molar-refractivity contribution in [2.45, 2.75) is 70.8 Å². The van der Waals surface area contributed by atoms with E-state index in [1.54, 1.807) is 11.3 Å². The molecule has 1 aliphatic carbocycles. The van der Waals surface area contributed by atoms with Crippen molar-refractivity contribution in [2.24, 2.45) is 5.92 Å². The first-order chi connectivity index (χ1) is 15.7. The van der Waals surface area contributed by atoms with Crippen LogP contribution in [0.25, 0.3) is 11.0 Å². The number of likely N-dealkylation sites (tertiary alicyclic amines) is 2. The number of rotatable bonds is 3. The highest BCUT2D eigenvalue weighted by atomic mass is 16.2. The van der Waals surface area contributed by atoms with Crippen molar-refractivity contribution in [3.63, 3.8) is 0 Å². The molecular weight excluding hydrogens is 402 g/mol. The summed E-state index contributed by atoms with van der Waals surface area (Å²) in [6.45, 7) is 5.05. The van der Waals surface area contributed by atoms with E-state index >= 15 is 0 Å². The van der Waals surface area contributed by atoms with Gasteiger partial charge in [-0.25, -0.2) is 19.5 Å². The van der Waals surface area contributed by atoms with Gasteiger partial charge in [0.2, 0.25) is 0 Å². The van der Waals surface area contributed by atoms with Gasteiger partial charge in [0.15, 0.2) is 0 Å². The van der Waals surface area contributed by atoms with Crippen molar-refractivity contribution in [2.75, 3.05) is 31.2 Å². The SMILES string of the molecule is CCN(C(=O)N1CCCCC1)n1cnc2cc(C(=O)N3CCCC4CCCCC43)ccc21. The molecule has 2 unspecified atom stereocenters. The van der Waals surface area contributed by atoms with Crippen molar-refractivity contribution in [1.82, 2.24) is 19.5 Å². The van der Waals surface area contributed by atoms with Crippen LogP contribution in [0.15, 0.2) is 24.5 Å². The van der Waals surface area contributed by atoms with E-state index in [0.717, 1.165) is 56.4 Å². The topological polar surface area (TPSA) is 61.7 Å². The molecule has 1 saturated carbocycles. The van der Waals surface area contributed by atoms with Gasteiger partial charge in [-0.15, -0.1) is 0 Å². The second kappa shape index (κ2) is 9.12. The maximum Gasteiger partial charge on any atom is 0.339 e. The van der Waals surface area contributed by atoms with Gasteiger partial charge in [-0.05, 0) is 76.0 Å². The van der Waals surface area contributed by atoms with Crippen LogP contribution in [0.3, 0.4) is 0 Å². The Kier molecular flexibility index (Phi) is 6.07. The normalized spacial score (nSPS) is 23.8. The molecule has 0 bridgehead atoms. The second-order valence-corrected chi connectivity index (χ2v) is 9.59. The maximum atomic E-state index is 13.4. The lowest BCUT2D eigenvalue weighted by Crippen LogP contribution is -2.50. The first-order valence-corrected chi connectivity index (χ1v) is 12.5. The Morgan fingerprint density at radius 3 is 2.59 bits per heavy atom. The van der Waals surface area contributed by atoms with Gasteiger partial charge in [0.1, 0.15) is 6.33 Å². The number of nitrogens with zero attached hydrogens (tertiary/aromatic N) is 5. The number of benzene rings is 1. The molecule has 3 heterocycles. The molecule has 3 fully saturated rings. The minimum Gasteiger partial charge on any atom is -0.335 e. The number of imidazole rings is 1. The zero-order chi connectivity index (χ0) is 22.1. The third kappa shape index (κ3) is 3.86. The highest BCUT2D eigenvalue weighted by Crippen LogP contribution is 2.36. The largest absolute Gasteiger partial charge is 0.339 e. The van der Waals surface area contributed by atoms with Gasteiger partial charge < -0.3 is 9.80 Å². The van der Waals surface area contributed by atoms with Crippen molar-refractivity contribution >= 4 is 23.0 Å². The predicted molar refractivity (Wildman–Crippen MR) is 125 cm³/mol.